The summed E-state index contributed by atoms with van der Waals surface area (Å²) in [6, 6.07) is 19.9. The van der Waals surface area contributed by atoms with Crippen LogP contribution in [0.5, 0.6) is 11.5 Å². The van der Waals surface area contributed by atoms with Gasteiger partial charge >= 0.3 is 18.3 Å². The van der Waals surface area contributed by atoms with Gasteiger partial charge in [0.2, 0.25) is 27.7 Å². The highest BCUT2D eigenvalue weighted by atomic mass is 32.2. The molecule has 7 N–H and O–H groups in total. The Morgan fingerprint density at radius 2 is 1.49 bits per heavy atom. The molecule has 0 saturated carbocycles. The van der Waals surface area contributed by atoms with E-state index in [1.165, 1.54) is 37.5 Å². The van der Waals surface area contributed by atoms with Crippen LogP contribution in [0.1, 0.15) is 83.9 Å². The number of aromatic nitrogens is 1. The number of fused-ring (bicyclic) bond motifs is 1. The predicted octanol–water partition coefficient (Wildman–Crippen LogP) is 8.23. The number of ether oxygens (including phenoxy) is 2. The monoisotopic (exact) mass is 1070 g/mol. The SMILES string of the molecule is CCc1cnc2c(C(F)(F)F)cccc2c1-c1cccc(Oc2cccc(S(=O)(=O)N(C)CCNC(=O)OCc3ccc(NC(=O)[C@H](CCCNC(N)=O)NC(=O)[C@@H](NC(=O)CCC(=O)C(C)(C)C)C(C)C)cc3)c2)c1. The number of sulfonamides is 1. The standard InChI is InChI=1S/C54H65F3N8O10S/c1-8-35-31-61-48-41(17-11-18-42(48)54(55,56)57)46(35)36-13-9-14-38(29-36)75-39-15-10-16-40(30-39)76(72,73)65(7)28-27-60-52(71)74-32-34-20-22-37(23-21-34)62-49(68)43(19-12-26-59-51(58)70)63-50(69)47(33(2)3)64-45(67)25-24-44(66)53(4,5)6/h9-11,13-18,20-23,29-31,33,43,47H,8,12,19,24-28,32H2,1-7H3,(H,60,71)(H,62,68)(H,63,69)(H,64,67)(H3,58,59,70)/t43-,47-/m0/s1. The molecule has 0 aliphatic heterocycles. The highest BCUT2D eigenvalue weighted by Gasteiger charge is 2.34. The number of nitrogens with zero attached hydrogens (tertiary/aromatic N) is 2. The lowest BCUT2D eigenvalue weighted by Crippen LogP contribution is -2.54. The van der Waals surface area contributed by atoms with E-state index in [2.05, 4.69) is 31.6 Å². The lowest BCUT2D eigenvalue weighted by Gasteiger charge is -2.25. The molecule has 0 radical (unpaired) electrons. The summed E-state index contributed by atoms with van der Waals surface area (Å²) >= 11 is 0. The van der Waals surface area contributed by atoms with Crippen LogP contribution in [0.3, 0.4) is 0 Å². The van der Waals surface area contributed by atoms with E-state index in [9.17, 15) is 50.4 Å². The number of urea groups is 1. The Labute approximate surface area is 440 Å². The number of anilines is 1. The Morgan fingerprint density at radius 3 is 2.13 bits per heavy atom. The molecule has 0 spiro atoms. The minimum atomic E-state index is -4.61. The number of nitrogens with one attached hydrogen (secondary N) is 5. The van der Waals surface area contributed by atoms with Crippen LogP contribution in [0.4, 0.5) is 28.4 Å². The number of hydrogen-bond donors (Lipinski definition) is 6. The van der Waals surface area contributed by atoms with Crippen molar-refractivity contribution in [2.24, 2.45) is 17.1 Å². The van der Waals surface area contributed by atoms with Crippen molar-refractivity contribution in [1.82, 2.24) is 30.6 Å². The van der Waals surface area contributed by atoms with Crippen LogP contribution in [-0.2, 0) is 53.1 Å². The third kappa shape index (κ3) is 16.7. The molecule has 0 fully saturated rings. The summed E-state index contributed by atoms with van der Waals surface area (Å²) in [5, 5.41) is 13.4. The molecule has 5 aromatic rings. The zero-order valence-electron chi connectivity index (χ0n) is 43.4. The van der Waals surface area contributed by atoms with Crippen molar-refractivity contribution in [2.45, 2.75) is 103 Å². The number of ketones is 1. The summed E-state index contributed by atoms with van der Waals surface area (Å²) in [6.07, 6.45) is -3.25. The van der Waals surface area contributed by atoms with Crippen LogP contribution in [0.15, 0.2) is 102 Å². The highest BCUT2D eigenvalue weighted by Crippen LogP contribution is 2.40. The number of likely N-dealkylation sites (N-methyl/N-ethyl adjacent to an activating group) is 1. The minimum absolute atomic E-state index is 0.00167. The smallest absolute Gasteiger partial charge is 0.418 e. The number of Topliss-reactive ketones (excluding diaryl/α,β-unsaturated/α-hetero) is 1. The van der Waals surface area contributed by atoms with Crippen molar-refractivity contribution in [3.63, 3.8) is 0 Å². The number of aryl methyl sites for hydroxylation is 1. The first kappa shape index (κ1) is 59.3. The number of hydrogen-bond acceptors (Lipinski definition) is 11. The molecule has 2 atom stereocenters. The van der Waals surface area contributed by atoms with Crippen LogP contribution in [0, 0.1) is 11.3 Å². The van der Waals surface area contributed by atoms with Crippen molar-refractivity contribution in [2.75, 3.05) is 32.0 Å². The van der Waals surface area contributed by atoms with Crippen molar-refractivity contribution in [1.29, 1.82) is 0 Å². The number of rotatable bonds is 24. The van der Waals surface area contributed by atoms with E-state index in [1.54, 1.807) is 95.3 Å². The summed E-state index contributed by atoms with van der Waals surface area (Å²) in [5.74, 6) is -1.69. The number of pyridine rings is 1. The Kier molecular flexibility index (Phi) is 20.5. The van der Waals surface area contributed by atoms with Crippen LogP contribution in [-0.4, -0.2) is 92.1 Å². The van der Waals surface area contributed by atoms with E-state index in [1.807, 2.05) is 6.92 Å². The summed E-state index contributed by atoms with van der Waals surface area (Å²) in [4.78, 5) is 80.1. The second kappa shape index (κ2) is 26.3. The molecule has 1 heterocycles. The molecule has 0 aliphatic carbocycles. The quantitative estimate of drug-likeness (QED) is 0.0321. The first-order valence-electron chi connectivity index (χ1n) is 24.6. The largest absolute Gasteiger partial charge is 0.457 e. The first-order chi connectivity index (χ1) is 35.8. The number of alkyl halides is 3. The van der Waals surface area contributed by atoms with E-state index in [0.29, 0.717) is 39.9 Å². The lowest BCUT2D eigenvalue weighted by atomic mass is 9.88. The molecule has 0 bridgehead atoms. The van der Waals surface area contributed by atoms with Gasteiger partial charge in [-0.25, -0.2) is 18.0 Å². The van der Waals surface area contributed by atoms with Crippen LogP contribution >= 0.6 is 0 Å². The first-order valence-corrected chi connectivity index (χ1v) is 26.0. The molecule has 6 amide bonds. The third-order valence-electron chi connectivity index (χ3n) is 12.1. The average molecular weight is 1080 g/mol. The molecule has 22 heteroatoms. The van der Waals surface area contributed by atoms with E-state index >= 15 is 0 Å². The molecule has 0 saturated heterocycles. The lowest BCUT2D eigenvalue weighted by molar-refractivity contribution is -0.136. The third-order valence-corrected chi connectivity index (χ3v) is 14.0. The maximum atomic E-state index is 13.9. The molecule has 1 aromatic heterocycles. The van der Waals surface area contributed by atoms with Gasteiger partial charge in [-0.1, -0.05) is 84.0 Å². The van der Waals surface area contributed by atoms with Gasteiger partial charge < -0.3 is 41.8 Å². The van der Waals surface area contributed by atoms with Crippen LogP contribution in [0.2, 0.25) is 0 Å². The van der Waals surface area contributed by atoms with Crippen molar-refractivity contribution < 1.29 is 59.8 Å². The zero-order valence-corrected chi connectivity index (χ0v) is 44.2. The molecular weight excluding hydrogens is 1010 g/mol. The maximum absolute atomic E-state index is 13.9. The van der Waals surface area contributed by atoms with Gasteiger partial charge in [-0.2, -0.15) is 17.5 Å². The zero-order chi connectivity index (χ0) is 56.0. The van der Waals surface area contributed by atoms with Crippen molar-refractivity contribution in [3.05, 3.63) is 114 Å². The number of halogens is 3. The Morgan fingerprint density at radius 1 is 0.816 bits per heavy atom. The Hall–Kier alpha value is -7.59. The van der Waals surface area contributed by atoms with Gasteiger partial charge in [0.25, 0.3) is 0 Å². The molecule has 408 valence electrons. The molecule has 4 aromatic carbocycles. The molecule has 76 heavy (non-hydrogen) atoms. The second-order valence-electron chi connectivity index (χ2n) is 19.3. The Bertz CT molecular complexity index is 3000. The second-order valence-corrected chi connectivity index (χ2v) is 21.3. The van der Waals surface area contributed by atoms with Gasteiger partial charge in [-0.05, 0) is 89.9 Å². The van der Waals surface area contributed by atoms with Gasteiger partial charge in [0, 0.05) is 68.3 Å². The normalized spacial score (nSPS) is 12.6. The fourth-order valence-electron chi connectivity index (χ4n) is 7.81. The minimum Gasteiger partial charge on any atom is -0.457 e. The van der Waals surface area contributed by atoms with Gasteiger partial charge in [-0.3, -0.25) is 24.2 Å². The van der Waals surface area contributed by atoms with Gasteiger partial charge in [0.1, 0.15) is 36.0 Å². The van der Waals surface area contributed by atoms with E-state index in [0.717, 1.165) is 15.9 Å². The summed E-state index contributed by atoms with van der Waals surface area (Å²) < 4.78 is 81.4. The predicted molar refractivity (Wildman–Crippen MR) is 280 cm³/mol. The van der Waals surface area contributed by atoms with Gasteiger partial charge in [0.15, 0.2) is 0 Å². The topological polar surface area (TPSA) is 257 Å². The van der Waals surface area contributed by atoms with E-state index in [-0.39, 0.29) is 79.8 Å². The number of carbonyl (C=O) groups is 6. The molecule has 18 nitrogen and oxygen atoms in total. The number of primary amides is 1. The van der Waals surface area contributed by atoms with Crippen molar-refractivity contribution >= 4 is 62.2 Å². The molecule has 5 rings (SSSR count). The van der Waals surface area contributed by atoms with Crippen LogP contribution in [0.25, 0.3) is 22.0 Å². The fourth-order valence-corrected chi connectivity index (χ4v) is 9.02. The maximum Gasteiger partial charge on any atom is 0.418 e. The number of carbonyl (C=O) groups excluding carboxylic acids is 6. The summed E-state index contributed by atoms with van der Waals surface area (Å²) in [6.45, 7) is 10.3. The number of para-hydroxylation sites is 1. The van der Waals surface area contributed by atoms with Gasteiger partial charge in [0.05, 0.1) is 16.0 Å². The number of alkyl carbamates (subject to hydrolysis) is 1. The number of amides is 6. The van der Waals surface area contributed by atoms with Gasteiger partial charge in [-0.15, -0.1) is 0 Å². The Balaban J connectivity index is 1.13. The van der Waals surface area contributed by atoms with Crippen molar-refractivity contribution in [3.8, 4) is 22.6 Å². The van der Waals surface area contributed by atoms with E-state index in [4.69, 9.17) is 15.2 Å². The average Bonchev–Trinajstić information content (AvgIpc) is 3.37. The number of nitrogens with two attached hydrogens (primary N) is 1. The summed E-state index contributed by atoms with van der Waals surface area (Å²) in [7, 11) is -2.75. The highest BCUT2D eigenvalue weighted by molar-refractivity contribution is 7.89. The fraction of sp³-hybridized carbons (Fsp3) is 0.389. The molecule has 0 unspecified atom stereocenters. The molecule has 0 aliphatic rings. The summed E-state index contributed by atoms with van der Waals surface area (Å²) in [5.41, 5.74) is 6.30. The van der Waals surface area contributed by atoms with Crippen LogP contribution < -0.4 is 37.1 Å². The van der Waals surface area contributed by atoms with E-state index < -0.39 is 69.1 Å². The number of benzene rings is 4. The molecular formula is C54H65F3N8O10S.